The lowest BCUT2D eigenvalue weighted by molar-refractivity contribution is 0.148. The Morgan fingerprint density at radius 3 is 0.929 bits per heavy atom. The summed E-state index contributed by atoms with van der Waals surface area (Å²) in [4.78, 5) is 19.2. The molecule has 0 amide bonds. The topological polar surface area (TPSA) is 115 Å². The fourth-order valence-electron chi connectivity index (χ4n) is 2.10. The Morgan fingerprint density at radius 1 is 0.643 bits per heavy atom. The van der Waals surface area contributed by atoms with Gasteiger partial charge >= 0.3 is 0 Å². The van der Waals surface area contributed by atoms with Crippen LogP contribution >= 0.6 is 14.7 Å². The lowest BCUT2D eigenvalue weighted by atomic mass is 10.3. The van der Waals surface area contributed by atoms with Crippen LogP contribution in [0.1, 0.15) is 94.4 Å². The largest absolute Gasteiger partial charge is 0.396 e. The van der Waals surface area contributed by atoms with E-state index in [9.17, 15) is 18.9 Å². The smallest absolute Gasteiger partial charge is 0.206 e. The molecule has 0 saturated heterocycles. The summed E-state index contributed by atoms with van der Waals surface area (Å²) in [6, 6.07) is 0. The van der Waals surface area contributed by atoms with Gasteiger partial charge < -0.3 is 20.0 Å². The van der Waals surface area contributed by atoms with Gasteiger partial charge in [0, 0.05) is 29.2 Å². The van der Waals surface area contributed by atoms with Crippen molar-refractivity contribution < 1.29 is 29.1 Å². The molecule has 4 N–H and O–H groups in total. The van der Waals surface area contributed by atoms with Gasteiger partial charge in [-0.1, -0.05) is 55.4 Å². The van der Waals surface area contributed by atoms with E-state index in [4.69, 9.17) is 10.2 Å². The van der Waals surface area contributed by atoms with Gasteiger partial charge in [-0.2, -0.15) is 0 Å². The highest BCUT2D eigenvalue weighted by atomic mass is 31.2. The van der Waals surface area contributed by atoms with Crippen LogP contribution in [0.2, 0.25) is 0 Å². The van der Waals surface area contributed by atoms with Crippen LogP contribution in [0.5, 0.6) is 0 Å². The maximum Gasteiger partial charge on any atom is 0.206 e. The summed E-state index contributed by atoms with van der Waals surface area (Å²) in [6.07, 6.45) is 3.29. The molecule has 174 valence electrons. The molecule has 8 heteroatoms. The van der Waals surface area contributed by atoms with Crippen LogP contribution in [0.25, 0.3) is 0 Å². The summed E-state index contributed by atoms with van der Waals surface area (Å²) >= 11 is 0. The summed E-state index contributed by atoms with van der Waals surface area (Å²) in [6.45, 7) is 17.0. The minimum absolute atomic E-state index is 0.0440. The molecule has 0 saturated carbocycles. The van der Waals surface area contributed by atoms with Crippen LogP contribution in [-0.2, 0) is 9.13 Å². The molecule has 0 fully saturated rings. The highest BCUT2D eigenvalue weighted by Crippen LogP contribution is 2.53. The number of aliphatic hydroxyl groups is 2. The van der Waals surface area contributed by atoms with E-state index in [0.29, 0.717) is 6.42 Å². The molecule has 0 aromatic heterocycles. The third-order valence-corrected chi connectivity index (χ3v) is 11.9. The van der Waals surface area contributed by atoms with E-state index >= 15 is 0 Å². The highest BCUT2D eigenvalue weighted by Gasteiger charge is 2.31. The van der Waals surface area contributed by atoms with E-state index in [1.54, 1.807) is 6.92 Å². The maximum atomic E-state index is 11.6. The van der Waals surface area contributed by atoms with Gasteiger partial charge in [-0.25, -0.2) is 0 Å². The quantitative estimate of drug-likeness (QED) is 0.331. The molecule has 6 nitrogen and oxygen atoms in total. The first kappa shape index (κ1) is 33.0. The predicted octanol–water partition coefficient (Wildman–Crippen LogP) is 5.46. The Kier molecular flexibility index (Phi) is 20.0. The number of aliphatic hydroxyl groups excluding tert-OH is 2. The standard InChI is InChI=1S/2C8H19O2P.C4H10O2/c2*1-5-7(3)11(9,10)8(4)6-2;1-4(6)2-3-5/h2*7-8H,5-6H2,1-4H3,(H,9,10);4-6H,2-3H2,1H3. The van der Waals surface area contributed by atoms with Gasteiger partial charge in [0.1, 0.15) is 0 Å². The second-order valence-electron chi connectivity index (χ2n) is 7.74. The zero-order valence-corrected chi connectivity index (χ0v) is 21.4. The van der Waals surface area contributed by atoms with Gasteiger partial charge in [0.05, 0.1) is 6.10 Å². The Labute approximate surface area is 174 Å². The summed E-state index contributed by atoms with van der Waals surface area (Å²) in [5, 5.41) is 16.5. The van der Waals surface area contributed by atoms with Gasteiger partial charge in [0.2, 0.25) is 14.7 Å². The molecule has 0 aliphatic carbocycles. The van der Waals surface area contributed by atoms with E-state index in [1.807, 2.05) is 55.4 Å². The summed E-state index contributed by atoms with van der Waals surface area (Å²) in [5.74, 6) is 0. The van der Waals surface area contributed by atoms with Crippen molar-refractivity contribution in [1.82, 2.24) is 0 Å². The second kappa shape index (κ2) is 17.0. The average Bonchev–Trinajstić information content (AvgIpc) is 2.65. The highest BCUT2D eigenvalue weighted by molar-refractivity contribution is 7.59. The molecule has 0 aromatic carbocycles. The van der Waals surface area contributed by atoms with Crippen molar-refractivity contribution in [3.63, 3.8) is 0 Å². The number of rotatable bonds is 10. The molecule has 0 aliphatic rings. The Morgan fingerprint density at radius 2 is 0.857 bits per heavy atom. The van der Waals surface area contributed by atoms with Crippen molar-refractivity contribution in [3.05, 3.63) is 0 Å². The van der Waals surface area contributed by atoms with Crippen LogP contribution in [0.15, 0.2) is 0 Å². The monoisotopic (exact) mass is 446 g/mol. The molecular weight excluding hydrogens is 398 g/mol. The number of hydrogen-bond donors (Lipinski definition) is 4. The Hall–Kier alpha value is 0.300. The summed E-state index contributed by atoms with van der Waals surface area (Å²) in [7, 11) is -5.75. The van der Waals surface area contributed by atoms with Crippen molar-refractivity contribution in [1.29, 1.82) is 0 Å². The van der Waals surface area contributed by atoms with Gasteiger partial charge in [-0.3, -0.25) is 9.13 Å². The molecule has 0 radical (unpaired) electrons. The first-order chi connectivity index (χ1) is 12.7. The maximum absolute atomic E-state index is 11.6. The molecule has 0 bridgehead atoms. The first-order valence-corrected chi connectivity index (χ1v) is 14.2. The molecule has 0 aliphatic heterocycles. The predicted molar refractivity (Wildman–Crippen MR) is 122 cm³/mol. The zero-order chi connectivity index (χ0) is 23.1. The fourth-order valence-corrected chi connectivity index (χ4v) is 5.93. The van der Waals surface area contributed by atoms with Gasteiger partial charge in [-0.05, 0) is 39.0 Å². The molecular formula is C20H48O6P2. The SMILES string of the molecule is CC(O)CCO.CCC(C)P(=O)(O)C(C)CC.CCC(C)P(=O)(O)C(C)CC. The third kappa shape index (κ3) is 13.5. The summed E-state index contributed by atoms with van der Waals surface area (Å²) < 4.78 is 23.3. The van der Waals surface area contributed by atoms with Crippen LogP contribution in [-0.4, -0.2) is 55.3 Å². The molecule has 0 aromatic rings. The average molecular weight is 447 g/mol. The van der Waals surface area contributed by atoms with E-state index in [0.717, 1.165) is 25.7 Å². The lowest BCUT2D eigenvalue weighted by Crippen LogP contribution is -2.11. The first-order valence-electron chi connectivity index (χ1n) is 10.6. The fraction of sp³-hybridized carbons (Fsp3) is 1.00. The van der Waals surface area contributed by atoms with Crippen molar-refractivity contribution in [2.75, 3.05) is 6.61 Å². The molecule has 28 heavy (non-hydrogen) atoms. The minimum Gasteiger partial charge on any atom is -0.396 e. The van der Waals surface area contributed by atoms with Crippen LogP contribution in [0, 0.1) is 0 Å². The molecule has 0 heterocycles. The van der Waals surface area contributed by atoms with Gasteiger partial charge in [0.25, 0.3) is 0 Å². The van der Waals surface area contributed by atoms with Crippen LogP contribution < -0.4 is 0 Å². The molecule has 0 spiro atoms. The van der Waals surface area contributed by atoms with Crippen molar-refractivity contribution >= 4 is 14.7 Å². The Bertz CT molecular complexity index is 392. The second-order valence-corrected chi connectivity index (χ2v) is 14.0. The van der Waals surface area contributed by atoms with E-state index in [2.05, 4.69) is 0 Å². The number of hydrogen-bond acceptors (Lipinski definition) is 4. The van der Waals surface area contributed by atoms with Crippen LogP contribution in [0.4, 0.5) is 0 Å². The Balaban J connectivity index is -0.000000351. The third-order valence-electron chi connectivity index (χ3n) is 5.44. The molecule has 0 rings (SSSR count). The normalized spacial score (nSPS) is 20.6. The van der Waals surface area contributed by atoms with Crippen molar-refractivity contribution in [2.24, 2.45) is 0 Å². The van der Waals surface area contributed by atoms with Crippen LogP contribution in [0.3, 0.4) is 0 Å². The van der Waals surface area contributed by atoms with Gasteiger partial charge in [-0.15, -0.1) is 0 Å². The lowest BCUT2D eigenvalue weighted by Gasteiger charge is -2.23. The summed E-state index contributed by atoms with van der Waals surface area (Å²) in [5.41, 5.74) is -0.176. The van der Waals surface area contributed by atoms with Crippen molar-refractivity contribution in [2.45, 2.75) is 123 Å². The van der Waals surface area contributed by atoms with E-state index in [1.165, 1.54) is 0 Å². The zero-order valence-electron chi connectivity index (χ0n) is 19.6. The van der Waals surface area contributed by atoms with Crippen molar-refractivity contribution in [3.8, 4) is 0 Å². The van der Waals surface area contributed by atoms with E-state index < -0.39 is 14.7 Å². The minimum atomic E-state index is -2.87. The van der Waals surface area contributed by atoms with Gasteiger partial charge in [0.15, 0.2) is 0 Å². The van der Waals surface area contributed by atoms with E-state index in [-0.39, 0.29) is 35.3 Å². The molecule has 5 atom stereocenters. The molecule has 5 unspecified atom stereocenters.